The van der Waals surface area contributed by atoms with Gasteiger partial charge < -0.3 is 24.8 Å². The molecule has 198 valence electrons. The summed E-state index contributed by atoms with van der Waals surface area (Å²) in [7, 11) is 3.22. The largest absolute Gasteiger partial charge is 0.493 e. The molecule has 0 unspecified atom stereocenters. The molecule has 10 nitrogen and oxygen atoms in total. The number of aromatic nitrogens is 3. The number of fused-ring (bicyclic) bond motifs is 6. The third-order valence-corrected chi connectivity index (χ3v) is 7.96. The van der Waals surface area contributed by atoms with Crippen molar-refractivity contribution in [3.8, 4) is 29.1 Å². The molecular formula is C28H26N6O4S. The summed E-state index contributed by atoms with van der Waals surface area (Å²) in [5, 5.41) is 26.0. The standard InChI is InChI=1S/C28H26N6O4S/c1-37-23-8-7-16(11-24(23)38-2)9-10-30-27(39)32-15-17-12-21(32)25-26(35)34(28(36)33(17)25)22-14-31-20(13-29)18-5-3-4-6-19(18)22/h3-8,11,14,17,21,35H,9-10,12,15H2,1-2H3,(H,30,39)/t17-,21-/m0/s1. The smallest absolute Gasteiger partial charge is 0.336 e. The molecular weight excluding hydrogens is 516 g/mol. The molecule has 6 rings (SSSR count). The zero-order chi connectivity index (χ0) is 27.3. The first kappa shape index (κ1) is 24.8. The molecule has 1 fully saturated rings. The number of aromatic hydroxyl groups is 1. The lowest BCUT2D eigenvalue weighted by Gasteiger charge is -2.30. The molecule has 0 spiro atoms. The van der Waals surface area contributed by atoms with E-state index in [4.69, 9.17) is 21.7 Å². The van der Waals surface area contributed by atoms with Gasteiger partial charge in [-0.25, -0.2) is 14.3 Å². The molecule has 1 saturated heterocycles. The minimum Gasteiger partial charge on any atom is -0.493 e. The molecule has 2 atom stereocenters. The molecule has 0 aliphatic carbocycles. The van der Waals surface area contributed by atoms with Crippen LogP contribution in [0.25, 0.3) is 16.5 Å². The molecule has 39 heavy (non-hydrogen) atoms. The van der Waals surface area contributed by atoms with Gasteiger partial charge in [0.1, 0.15) is 17.5 Å². The highest BCUT2D eigenvalue weighted by Gasteiger charge is 2.48. The summed E-state index contributed by atoms with van der Waals surface area (Å²) in [6.07, 6.45) is 2.90. The number of ether oxygens (including phenoxy) is 2. The van der Waals surface area contributed by atoms with E-state index in [1.54, 1.807) is 24.9 Å². The SMILES string of the molecule is COc1ccc(CCNC(=S)N2C[C@@H]3C[C@H]2c2c(O)n(-c4cnc(C#N)c5ccccc45)c(=O)n23)cc1OC. The summed E-state index contributed by atoms with van der Waals surface area (Å²) in [6.45, 7) is 1.19. The van der Waals surface area contributed by atoms with Crippen LogP contribution in [0.2, 0.25) is 0 Å². The maximum atomic E-state index is 13.6. The van der Waals surface area contributed by atoms with Crippen molar-refractivity contribution in [1.82, 2.24) is 24.3 Å². The quantitative estimate of drug-likeness (QED) is 0.354. The summed E-state index contributed by atoms with van der Waals surface area (Å²) < 4.78 is 13.7. The highest BCUT2D eigenvalue weighted by atomic mass is 32.1. The molecule has 2 N–H and O–H groups in total. The van der Waals surface area contributed by atoms with Crippen LogP contribution in [0, 0.1) is 11.3 Å². The van der Waals surface area contributed by atoms with Gasteiger partial charge in [0.25, 0.3) is 0 Å². The molecule has 4 aromatic rings. The summed E-state index contributed by atoms with van der Waals surface area (Å²) >= 11 is 5.73. The van der Waals surface area contributed by atoms with Gasteiger partial charge in [-0.15, -0.1) is 0 Å². The Hall–Kier alpha value is -4.56. The first-order valence-electron chi connectivity index (χ1n) is 12.6. The zero-order valence-electron chi connectivity index (χ0n) is 21.4. The average molecular weight is 543 g/mol. The topological polar surface area (TPSA) is 118 Å². The Morgan fingerprint density at radius 3 is 2.72 bits per heavy atom. The van der Waals surface area contributed by atoms with Crippen LogP contribution >= 0.6 is 12.2 Å². The van der Waals surface area contributed by atoms with Gasteiger partial charge in [-0.05, 0) is 42.8 Å². The maximum absolute atomic E-state index is 13.6. The molecule has 2 aliphatic rings. The second-order valence-corrected chi connectivity index (χ2v) is 9.96. The van der Waals surface area contributed by atoms with Crippen molar-refractivity contribution in [2.45, 2.75) is 24.9 Å². The number of benzene rings is 2. The average Bonchev–Trinajstić information content (AvgIpc) is 3.63. The van der Waals surface area contributed by atoms with Crippen LogP contribution in [0.4, 0.5) is 0 Å². The van der Waals surface area contributed by atoms with Gasteiger partial charge in [0, 0.05) is 23.9 Å². The summed E-state index contributed by atoms with van der Waals surface area (Å²) in [6, 6.07) is 14.8. The molecule has 0 radical (unpaired) electrons. The third-order valence-electron chi connectivity index (χ3n) is 7.58. The normalized spacial score (nSPS) is 17.2. The zero-order valence-corrected chi connectivity index (χ0v) is 22.2. The first-order valence-corrected chi connectivity index (χ1v) is 13.0. The van der Waals surface area contributed by atoms with Crippen LogP contribution in [0.15, 0.2) is 53.5 Å². The Labute approximate surface area is 229 Å². The van der Waals surface area contributed by atoms with E-state index in [9.17, 15) is 15.2 Å². The predicted molar refractivity (Wildman–Crippen MR) is 149 cm³/mol. The van der Waals surface area contributed by atoms with Crippen molar-refractivity contribution >= 4 is 28.1 Å². The number of nitriles is 1. The number of nitrogens with zero attached hydrogens (tertiary/aromatic N) is 5. The van der Waals surface area contributed by atoms with E-state index < -0.39 is 0 Å². The second kappa shape index (κ2) is 9.63. The molecule has 0 amide bonds. The number of methoxy groups -OCH3 is 2. The number of nitrogens with one attached hydrogen (secondary N) is 1. The molecule has 2 aliphatic heterocycles. The summed E-state index contributed by atoms with van der Waals surface area (Å²) in [5.74, 6) is 1.24. The molecule has 2 bridgehead atoms. The van der Waals surface area contributed by atoms with Crippen molar-refractivity contribution < 1.29 is 14.6 Å². The lowest BCUT2D eigenvalue weighted by molar-refractivity contribution is 0.334. The van der Waals surface area contributed by atoms with Gasteiger partial charge in [0.2, 0.25) is 5.88 Å². The fraction of sp³-hybridized carbons (Fsp3) is 0.286. The van der Waals surface area contributed by atoms with Gasteiger partial charge in [-0.2, -0.15) is 5.26 Å². The Kier molecular flexibility index (Phi) is 6.12. The monoisotopic (exact) mass is 542 g/mol. The minimum absolute atomic E-state index is 0.104. The van der Waals surface area contributed by atoms with Crippen LogP contribution in [-0.4, -0.2) is 56.5 Å². The van der Waals surface area contributed by atoms with Crippen molar-refractivity contribution in [2.24, 2.45) is 0 Å². The highest BCUT2D eigenvalue weighted by Crippen LogP contribution is 2.48. The van der Waals surface area contributed by atoms with Crippen LogP contribution in [-0.2, 0) is 6.42 Å². The first-order chi connectivity index (χ1) is 19.0. The van der Waals surface area contributed by atoms with E-state index in [0.717, 1.165) is 12.0 Å². The van der Waals surface area contributed by atoms with Crippen LogP contribution in [0.5, 0.6) is 17.4 Å². The molecule has 0 saturated carbocycles. The number of rotatable bonds is 6. The summed E-state index contributed by atoms with van der Waals surface area (Å²) in [5.41, 5.74) is 2.02. The maximum Gasteiger partial charge on any atom is 0.336 e. The molecule has 4 heterocycles. The van der Waals surface area contributed by atoms with Crippen molar-refractivity contribution in [3.05, 3.63) is 76.1 Å². The molecule has 2 aromatic carbocycles. The van der Waals surface area contributed by atoms with Gasteiger partial charge in [0.05, 0.1) is 38.2 Å². The number of likely N-dealkylation sites (tertiary alicyclic amines) is 1. The van der Waals surface area contributed by atoms with E-state index >= 15 is 0 Å². The lowest BCUT2D eigenvalue weighted by atomic mass is 10.1. The Morgan fingerprint density at radius 1 is 1.21 bits per heavy atom. The number of hydrogen-bond acceptors (Lipinski definition) is 7. The van der Waals surface area contributed by atoms with Gasteiger partial charge in [-0.1, -0.05) is 30.3 Å². The Bertz CT molecular complexity index is 1720. The number of thiocarbonyl (C=S) groups is 1. The minimum atomic E-state index is -0.321. The molecule has 11 heteroatoms. The van der Waals surface area contributed by atoms with Crippen LogP contribution < -0.4 is 20.5 Å². The van der Waals surface area contributed by atoms with E-state index in [0.29, 0.717) is 58.3 Å². The van der Waals surface area contributed by atoms with E-state index in [1.165, 1.54) is 10.8 Å². The van der Waals surface area contributed by atoms with Gasteiger partial charge in [-0.3, -0.25) is 4.57 Å². The van der Waals surface area contributed by atoms with Crippen molar-refractivity contribution in [3.63, 3.8) is 0 Å². The third kappa shape index (κ3) is 3.87. The van der Waals surface area contributed by atoms with Crippen LogP contribution in [0.3, 0.4) is 0 Å². The summed E-state index contributed by atoms with van der Waals surface area (Å²) in [4.78, 5) is 19.9. The fourth-order valence-corrected chi connectivity index (χ4v) is 6.09. The Balaban J connectivity index is 1.24. The number of pyridine rings is 1. The van der Waals surface area contributed by atoms with E-state index in [-0.39, 0.29) is 29.3 Å². The van der Waals surface area contributed by atoms with Gasteiger partial charge in [0.15, 0.2) is 16.6 Å². The van der Waals surface area contributed by atoms with Crippen molar-refractivity contribution in [2.75, 3.05) is 27.3 Å². The highest BCUT2D eigenvalue weighted by molar-refractivity contribution is 7.80. The fourth-order valence-electron chi connectivity index (χ4n) is 5.78. The number of hydrogen-bond donors (Lipinski definition) is 2. The van der Waals surface area contributed by atoms with E-state index in [1.807, 2.05) is 41.3 Å². The number of imidazole rings is 1. The molecule has 2 aromatic heterocycles. The second-order valence-electron chi connectivity index (χ2n) is 9.58. The van der Waals surface area contributed by atoms with E-state index in [2.05, 4.69) is 16.4 Å². The van der Waals surface area contributed by atoms with Crippen molar-refractivity contribution in [1.29, 1.82) is 5.26 Å². The predicted octanol–water partition coefficient (Wildman–Crippen LogP) is 3.20. The lowest BCUT2D eigenvalue weighted by Crippen LogP contribution is -2.43. The van der Waals surface area contributed by atoms with Crippen LogP contribution in [0.1, 0.15) is 35.5 Å². The Morgan fingerprint density at radius 2 is 1.97 bits per heavy atom. The van der Waals surface area contributed by atoms with Gasteiger partial charge >= 0.3 is 5.69 Å².